The van der Waals surface area contributed by atoms with E-state index in [0.29, 0.717) is 6.54 Å². The van der Waals surface area contributed by atoms with Gasteiger partial charge in [-0.3, -0.25) is 0 Å². The molecule has 0 saturated carbocycles. The van der Waals surface area contributed by atoms with E-state index in [0.717, 1.165) is 16.2 Å². The second kappa shape index (κ2) is 11.3. The Balaban J connectivity index is 0.000000352. The lowest BCUT2D eigenvalue weighted by molar-refractivity contribution is -0.687. The van der Waals surface area contributed by atoms with Gasteiger partial charge in [-0.15, -0.1) is 0 Å². The van der Waals surface area contributed by atoms with Crippen molar-refractivity contribution in [2.24, 2.45) is 0 Å². The summed E-state index contributed by atoms with van der Waals surface area (Å²) in [5, 5.41) is 18.2. The predicted molar refractivity (Wildman–Crippen MR) is 107 cm³/mol. The molecule has 1 aromatic carbocycles. The summed E-state index contributed by atoms with van der Waals surface area (Å²) in [6, 6.07) is 8.22. The van der Waals surface area contributed by atoms with E-state index < -0.39 is 37.2 Å². The highest BCUT2D eigenvalue weighted by Crippen LogP contribution is 2.36. The number of aromatic nitrogens is 2. The molecule has 0 aliphatic rings. The maximum absolute atomic E-state index is 11.4. The minimum absolute atomic E-state index is 0.221. The lowest BCUT2D eigenvalue weighted by Crippen LogP contribution is -2.32. The largest absolute Gasteiger partial charge is 0.480 e. The van der Waals surface area contributed by atoms with Crippen LogP contribution in [-0.4, -0.2) is 55.3 Å². The van der Waals surface area contributed by atoms with E-state index in [9.17, 15) is 48.3 Å². The Morgan fingerprint density at radius 3 is 1.94 bits per heavy atom. The van der Waals surface area contributed by atoms with Gasteiger partial charge in [0.2, 0.25) is 6.33 Å². The Hall–Kier alpha value is -2.47. The molecule has 0 aliphatic carbocycles. The molecular weight excluding hydrogens is 520 g/mol. The highest BCUT2D eigenvalue weighted by atomic mass is 32.3. The molecule has 34 heavy (non-hydrogen) atoms. The summed E-state index contributed by atoms with van der Waals surface area (Å²) in [6.45, 7) is 4.69. The molecule has 0 radical (unpaired) electrons. The first-order valence-corrected chi connectivity index (χ1v) is 11.7. The standard InChI is InChI=1S/C15H19N2O2.C2F6NO4S2/c1-2-13-3-5-14(6-4-13)9-16-7-8-17(12-16)10-15(19)11-18;3-1(4,5)14(10,11)9-15(12,13)2(6,7)8/h2-8,12,15,18-19H,1,9-11H2;/q+1;-1. The number of nitrogens with zero attached hydrogens (tertiary/aromatic N) is 3. The van der Waals surface area contributed by atoms with Crippen molar-refractivity contribution in [3.63, 3.8) is 0 Å². The van der Waals surface area contributed by atoms with Gasteiger partial charge in [-0.1, -0.05) is 36.9 Å². The molecule has 0 saturated heterocycles. The van der Waals surface area contributed by atoms with Crippen LogP contribution in [0, 0.1) is 0 Å². The van der Waals surface area contributed by atoms with Crippen molar-refractivity contribution in [3.8, 4) is 0 Å². The van der Waals surface area contributed by atoms with E-state index in [4.69, 9.17) is 5.11 Å². The zero-order chi connectivity index (χ0) is 26.4. The zero-order valence-electron chi connectivity index (χ0n) is 17.0. The highest BCUT2D eigenvalue weighted by Gasteiger charge is 2.46. The molecule has 192 valence electrons. The second-order valence-electron chi connectivity index (χ2n) is 6.48. The molecule has 1 atom stereocenters. The van der Waals surface area contributed by atoms with Gasteiger partial charge in [0.25, 0.3) is 0 Å². The fourth-order valence-corrected chi connectivity index (χ4v) is 3.83. The van der Waals surface area contributed by atoms with Gasteiger partial charge in [-0.2, -0.15) is 26.3 Å². The first-order valence-electron chi connectivity index (χ1n) is 8.84. The predicted octanol–water partition coefficient (Wildman–Crippen LogP) is 1.88. The maximum Gasteiger partial charge on any atom is 0.480 e. The summed E-state index contributed by atoms with van der Waals surface area (Å²) in [6.07, 6.45) is 6.86. The van der Waals surface area contributed by atoms with Crippen LogP contribution in [-0.2, 0) is 33.1 Å². The molecule has 9 nitrogen and oxygen atoms in total. The van der Waals surface area contributed by atoms with Gasteiger partial charge in [0.15, 0.2) is 20.0 Å². The fourth-order valence-electron chi connectivity index (χ4n) is 2.13. The Morgan fingerprint density at radius 2 is 1.53 bits per heavy atom. The van der Waals surface area contributed by atoms with Crippen LogP contribution in [0.5, 0.6) is 0 Å². The summed E-state index contributed by atoms with van der Waals surface area (Å²) < 4.78 is 113. The number of benzene rings is 1. The van der Waals surface area contributed by atoms with Gasteiger partial charge in [0.1, 0.15) is 31.6 Å². The zero-order valence-corrected chi connectivity index (χ0v) is 18.6. The van der Waals surface area contributed by atoms with Crippen molar-refractivity contribution in [3.05, 3.63) is 64.8 Å². The monoisotopic (exact) mass is 539 g/mol. The molecule has 0 fully saturated rings. The van der Waals surface area contributed by atoms with Crippen LogP contribution in [0.4, 0.5) is 26.3 Å². The number of alkyl halides is 6. The number of rotatable bonds is 8. The highest BCUT2D eigenvalue weighted by molar-refractivity contribution is 8.13. The van der Waals surface area contributed by atoms with Crippen LogP contribution < -0.4 is 4.57 Å². The molecular formula is C17H19F6N3O6S2. The first-order chi connectivity index (χ1) is 15.4. The first kappa shape index (κ1) is 29.6. The van der Waals surface area contributed by atoms with Crippen molar-refractivity contribution >= 4 is 26.1 Å². The number of imidazole rings is 1. The van der Waals surface area contributed by atoms with Gasteiger partial charge in [0, 0.05) is 0 Å². The van der Waals surface area contributed by atoms with Crippen molar-refractivity contribution < 1.29 is 58.0 Å². The summed E-state index contributed by atoms with van der Waals surface area (Å²) in [5.41, 5.74) is -10.1. The van der Waals surface area contributed by atoms with E-state index in [1.54, 1.807) is 0 Å². The van der Waals surface area contributed by atoms with E-state index in [1.165, 1.54) is 5.56 Å². The number of halogens is 6. The minimum Gasteiger partial charge on any atom is -0.421 e. The average molecular weight is 539 g/mol. The van der Waals surface area contributed by atoms with Crippen molar-refractivity contribution in [1.29, 1.82) is 0 Å². The molecule has 17 heteroatoms. The molecule has 2 aromatic rings. The third-order valence-electron chi connectivity index (χ3n) is 3.74. The molecule has 0 spiro atoms. The molecule has 2 rings (SSSR count). The second-order valence-corrected chi connectivity index (χ2v) is 9.90. The van der Waals surface area contributed by atoms with Crippen LogP contribution in [0.2, 0.25) is 0 Å². The normalized spacial score (nSPS) is 13.6. The van der Waals surface area contributed by atoms with Gasteiger partial charge in [-0.05, 0) is 11.1 Å². The minimum atomic E-state index is -6.72. The van der Waals surface area contributed by atoms with E-state index in [-0.39, 0.29) is 6.61 Å². The average Bonchev–Trinajstić information content (AvgIpc) is 3.13. The number of aliphatic hydroxyl groups is 2. The lowest BCUT2D eigenvalue weighted by Gasteiger charge is -2.22. The maximum atomic E-state index is 11.4. The van der Waals surface area contributed by atoms with Crippen LogP contribution >= 0.6 is 0 Å². The molecule has 2 N–H and O–H groups in total. The van der Waals surface area contributed by atoms with Crippen molar-refractivity contribution in [1.82, 2.24) is 4.57 Å². The van der Waals surface area contributed by atoms with Gasteiger partial charge in [0.05, 0.1) is 6.61 Å². The van der Waals surface area contributed by atoms with Crippen molar-refractivity contribution in [2.75, 3.05) is 6.61 Å². The molecule has 1 aromatic heterocycles. The Kier molecular flexibility index (Phi) is 9.83. The number of sulfonamides is 2. The third kappa shape index (κ3) is 8.71. The summed E-state index contributed by atoms with van der Waals surface area (Å²) >= 11 is 0. The SMILES string of the molecule is C=Cc1ccc(C[n+]2ccn(CC(O)CO)c2)cc1.O=S(=O)([N-]S(=O)(=O)C(F)(F)F)C(F)(F)F. The third-order valence-corrected chi connectivity index (χ3v) is 6.48. The lowest BCUT2D eigenvalue weighted by atomic mass is 10.1. The Morgan fingerprint density at radius 1 is 1.03 bits per heavy atom. The van der Waals surface area contributed by atoms with Gasteiger partial charge < -0.3 is 14.3 Å². The summed E-state index contributed by atoms with van der Waals surface area (Å²) in [7, 11) is -13.4. The molecule has 1 unspecified atom stereocenters. The van der Waals surface area contributed by atoms with E-state index >= 15 is 0 Å². The summed E-state index contributed by atoms with van der Waals surface area (Å²) in [5.74, 6) is 0. The molecule has 1 heterocycles. The fraction of sp³-hybridized carbons (Fsp3) is 0.353. The van der Waals surface area contributed by atoms with Gasteiger partial charge in [-0.25, -0.2) is 26.0 Å². The van der Waals surface area contributed by atoms with Gasteiger partial charge >= 0.3 is 11.0 Å². The van der Waals surface area contributed by atoms with Crippen LogP contribution in [0.3, 0.4) is 0 Å². The van der Waals surface area contributed by atoms with Crippen LogP contribution in [0.1, 0.15) is 11.1 Å². The smallest absolute Gasteiger partial charge is 0.421 e. The molecule has 0 bridgehead atoms. The van der Waals surface area contributed by atoms with E-state index in [2.05, 4.69) is 18.7 Å². The number of hydrogen-bond acceptors (Lipinski definition) is 6. The van der Waals surface area contributed by atoms with E-state index in [1.807, 2.05) is 46.1 Å². The Labute approximate surface area is 190 Å². The topological polar surface area (TPSA) is 132 Å². The molecule has 0 aliphatic heterocycles. The number of hydrogen-bond donors (Lipinski definition) is 2. The number of aliphatic hydroxyl groups excluding tert-OH is 2. The van der Waals surface area contributed by atoms with Crippen LogP contribution in [0.15, 0.2) is 49.6 Å². The molecule has 0 amide bonds. The quantitative estimate of drug-likeness (QED) is 0.389. The Bertz CT molecular complexity index is 1120. The van der Waals surface area contributed by atoms with Crippen LogP contribution in [0.25, 0.3) is 10.2 Å². The van der Waals surface area contributed by atoms with Crippen molar-refractivity contribution in [2.45, 2.75) is 30.2 Å². The summed E-state index contributed by atoms with van der Waals surface area (Å²) in [4.78, 5) is 0.